The standard InChI is InChI=1S/C35H34FN5O3S/c1-3-31(42)40-18-22(19-40)20-41-21-26(17-38-41)34-32(28-7-6-27(36)15-30(28)44-12-11-43-2)35-29(9-13-45-35)33(39-34)24-4-5-25-16-37-10-8-23(25)14-24/h3-7,9,13-15,17,21-22,37H,1,8,10-12,16,18-20H2,2H3. The lowest BCUT2D eigenvalue weighted by atomic mass is 9.93. The average Bonchev–Trinajstić information content (AvgIpc) is 3.72. The van der Waals surface area contributed by atoms with E-state index in [2.05, 4.69) is 41.5 Å². The number of rotatable bonds is 10. The van der Waals surface area contributed by atoms with E-state index in [-0.39, 0.29) is 18.3 Å². The fourth-order valence-corrected chi connectivity index (χ4v) is 7.19. The molecule has 0 saturated carbocycles. The van der Waals surface area contributed by atoms with E-state index in [1.807, 2.05) is 17.1 Å². The molecule has 10 heteroatoms. The third-order valence-corrected chi connectivity index (χ3v) is 9.46. The first-order valence-corrected chi connectivity index (χ1v) is 16.0. The normalized spacial score (nSPS) is 14.8. The molecule has 45 heavy (non-hydrogen) atoms. The number of carbonyl (C=O) groups is 1. The number of likely N-dealkylation sites (tertiary alicyclic amines) is 1. The summed E-state index contributed by atoms with van der Waals surface area (Å²) in [5.41, 5.74) is 7.88. The maximum absolute atomic E-state index is 14.6. The van der Waals surface area contributed by atoms with Gasteiger partial charge in [0.05, 0.1) is 24.2 Å². The molecule has 5 heterocycles. The van der Waals surface area contributed by atoms with E-state index in [4.69, 9.17) is 19.6 Å². The van der Waals surface area contributed by atoms with Crippen molar-refractivity contribution < 1.29 is 18.7 Å². The number of hydrogen-bond acceptors (Lipinski definition) is 7. The van der Waals surface area contributed by atoms with E-state index in [1.165, 1.54) is 29.3 Å². The van der Waals surface area contributed by atoms with Gasteiger partial charge >= 0.3 is 0 Å². The Balaban J connectivity index is 1.35. The first kappa shape index (κ1) is 29.3. The van der Waals surface area contributed by atoms with Crippen LogP contribution in [0.4, 0.5) is 4.39 Å². The second-order valence-corrected chi connectivity index (χ2v) is 12.4. The zero-order valence-electron chi connectivity index (χ0n) is 25.1. The van der Waals surface area contributed by atoms with Gasteiger partial charge in [0.1, 0.15) is 18.2 Å². The number of thiophene rings is 1. The molecule has 2 aromatic carbocycles. The first-order valence-electron chi connectivity index (χ1n) is 15.1. The maximum atomic E-state index is 14.6. The van der Waals surface area contributed by atoms with E-state index < -0.39 is 0 Å². The van der Waals surface area contributed by atoms with E-state index in [0.29, 0.717) is 37.9 Å². The van der Waals surface area contributed by atoms with Crippen molar-refractivity contribution in [3.8, 4) is 39.4 Å². The molecule has 0 atom stereocenters. The molecule has 0 aliphatic carbocycles. The molecule has 0 spiro atoms. The van der Waals surface area contributed by atoms with Gasteiger partial charge in [-0.25, -0.2) is 9.37 Å². The van der Waals surface area contributed by atoms with Crippen molar-refractivity contribution in [3.05, 3.63) is 89.8 Å². The number of pyridine rings is 1. The summed E-state index contributed by atoms with van der Waals surface area (Å²) in [5.74, 6) is 0.333. The smallest absolute Gasteiger partial charge is 0.245 e. The number of halogens is 1. The van der Waals surface area contributed by atoms with Crippen molar-refractivity contribution in [2.24, 2.45) is 5.92 Å². The molecule has 5 aromatic rings. The molecule has 1 fully saturated rings. The molecule has 3 aromatic heterocycles. The van der Waals surface area contributed by atoms with Gasteiger partial charge in [-0.1, -0.05) is 18.7 Å². The monoisotopic (exact) mass is 623 g/mol. The van der Waals surface area contributed by atoms with Crippen molar-refractivity contribution in [1.82, 2.24) is 25.0 Å². The van der Waals surface area contributed by atoms with Gasteiger partial charge in [0.15, 0.2) is 0 Å². The summed E-state index contributed by atoms with van der Waals surface area (Å²) >= 11 is 1.63. The molecule has 0 radical (unpaired) electrons. The van der Waals surface area contributed by atoms with Crippen molar-refractivity contribution in [1.29, 1.82) is 0 Å². The number of aromatic nitrogens is 3. The van der Waals surface area contributed by atoms with E-state index in [1.54, 1.807) is 29.4 Å². The zero-order valence-corrected chi connectivity index (χ0v) is 25.9. The predicted molar refractivity (Wildman–Crippen MR) is 175 cm³/mol. The molecule has 8 nitrogen and oxygen atoms in total. The minimum absolute atomic E-state index is 0.0423. The number of methoxy groups -OCH3 is 1. The lowest BCUT2D eigenvalue weighted by Gasteiger charge is -2.38. The van der Waals surface area contributed by atoms with Gasteiger partial charge in [0, 0.05) is 83.8 Å². The van der Waals surface area contributed by atoms with Crippen LogP contribution in [0.3, 0.4) is 0 Å². The van der Waals surface area contributed by atoms with Crippen LogP contribution < -0.4 is 10.1 Å². The molecule has 0 unspecified atom stereocenters. The van der Waals surface area contributed by atoms with Crippen LogP contribution in [0.2, 0.25) is 0 Å². The van der Waals surface area contributed by atoms with Crippen LogP contribution in [0.5, 0.6) is 5.75 Å². The second kappa shape index (κ2) is 12.5. The Labute approximate surface area is 265 Å². The minimum Gasteiger partial charge on any atom is -0.490 e. The average molecular weight is 624 g/mol. The van der Waals surface area contributed by atoms with Gasteiger partial charge in [0.25, 0.3) is 0 Å². The summed E-state index contributed by atoms with van der Waals surface area (Å²) in [6, 6.07) is 13.4. The summed E-state index contributed by atoms with van der Waals surface area (Å²) in [6.45, 7) is 8.13. The number of ether oxygens (including phenoxy) is 2. The van der Waals surface area contributed by atoms with Crippen LogP contribution in [-0.4, -0.2) is 65.5 Å². The highest BCUT2D eigenvalue weighted by Gasteiger charge is 2.30. The predicted octanol–water partition coefficient (Wildman–Crippen LogP) is 5.95. The number of carbonyl (C=O) groups excluding carboxylic acids is 1. The van der Waals surface area contributed by atoms with Crippen molar-refractivity contribution >= 4 is 27.3 Å². The number of hydrogen-bond donors (Lipinski definition) is 1. The van der Waals surface area contributed by atoms with E-state index in [0.717, 1.165) is 63.2 Å². The van der Waals surface area contributed by atoms with Gasteiger partial charge in [-0.3, -0.25) is 9.48 Å². The minimum atomic E-state index is -0.374. The Morgan fingerprint density at radius 2 is 2.02 bits per heavy atom. The largest absolute Gasteiger partial charge is 0.490 e. The molecule has 2 aliphatic heterocycles. The number of fused-ring (bicyclic) bond motifs is 2. The Kier molecular flexibility index (Phi) is 8.18. The number of nitrogens with one attached hydrogen (secondary N) is 1. The van der Waals surface area contributed by atoms with Crippen LogP contribution in [0.1, 0.15) is 11.1 Å². The SMILES string of the molecule is C=CC(=O)N1CC(Cn2cc(-c3nc(-c4ccc5c(c4)CCNC5)c4ccsc4c3-c3ccc(F)cc3OCCOC)cn2)C1. The van der Waals surface area contributed by atoms with Crippen LogP contribution in [0, 0.1) is 11.7 Å². The van der Waals surface area contributed by atoms with Crippen molar-refractivity contribution in [2.75, 3.05) is 40.0 Å². The second-order valence-electron chi connectivity index (χ2n) is 11.5. The molecule has 1 N–H and O–H groups in total. The fraction of sp³-hybridized carbons (Fsp3) is 0.286. The first-order chi connectivity index (χ1) is 22.0. The molecule has 7 rings (SSSR count). The highest BCUT2D eigenvalue weighted by molar-refractivity contribution is 7.18. The molecule has 0 bridgehead atoms. The number of benzene rings is 2. The summed E-state index contributed by atoms with van der Waals surface area (Å²) in [4.78, 5) is 19.1. The highest BCUT2D eigenvalue weighted by atomic mass is 32.1. The van der Waals surface area contributed by atoms with Crippen LogP contribution >= 0.6 is 11.3 Å². The van der Waals surface area contributed by atoms with Gasteiger partial charge in [-0.15, -0.1) is 11.3 Å². The number of amides is 1. The molecular weight excluding hydrogens is 589 g/mol. The molecule has 1 amide bonds. The highest BCUT2D eigenvalue weighted by Crippen LogP contribution is 2.46. The van der Waals surface area contributed by atoms with Crippen LogP contribution in [0.25, 0.3) is 43.7 Å². The van der Waals surface area contributed by atoms with Crippen LogP contribution in [0.15, 0.2) is 72.9 Å². The van der Waals surface area contributed by atoms with Gasteiger partial charge in [-0.05, 0) is 59.8 Å². The summed E-state index contributed by atoms with van der Waals surface area (Å²) < 4.78 is 28.8. The zero-order chi connectivity index (χ0) is 30.9. The number of nitrogens with zero attached hydrogens (tertiary/aromatic N) is 4. The topological polar surface area (TPSA) is 81.5 Å². The Morgan fingerprint density at radius 1 is 1.13 bits per heavy atom. The quantitative estimate of drug-likeness (QED) is 0.153. The molecule has 1 saturated heterocycles. The summed E-state index contributed by atoms with van der Waals surface area (Å²) in [6.07, 6.45) is 6.19. The van der Waals surface area contributed by atoms with Gasteiger partial charge in [-0.2, -0.15) is 5.10 Å². The molecule has 2 aliphatic rings. The molecule has 230 valence electrons. The Morgan fingerprint density at radius 3 is 2.87 bits per heavy atom. The van der Waals surface area contributed by atoms with Gasteiger partial charge in [0.2, 0.25) is 5.91 Å². The van der Waals surface area contributed by atoms with Crippen molar-refractivity contribution in [2.45, 2.75) is 19.5 Å². The fourth-order valence-electron chi connectivity index (χ4n) is 6.23. The third-order valence-electron chi connectivity index (χ3n) is 8.53. The summed E-state index contributed by atoms with van der Waals surface area (Å²) in [7, 11) is 1.61. The van der Waals surface area contributed by atoms with Crippen molar-refractivity contribution in [3.63, 3.8) is 0 Å². The summed E-state index contributed by atoms with van der Waals surface area (Å²) in [5, 5.41) is 11.3. The Bertz CT molecular complexity index is 1890. The molecular formula is C35H34FN5O3S. The maximum Gasteiger partial charge on any atom is 0.245 e. The van der Waals surface area contributed by atoms with E-state index >= 15 is 0 Å². The lowest BCUT2D eigenvalue weighted by Crippen LogP contribution is -2.50. The van der Waals surface area contributed by atoms with Crippen LogP contribution in [-0.2, 0) is 29.0 Å². The Hall–Kier alpha value is -4.38. The van der Waals surface area contributed by atoms with Gasteiger partial charge < -0.3 is 19.7 Å². The lowest BCUT2D eigenvalue weighted by molar-refractivity contribution is -0.132. The van der Waals surface area contributed by atoms with E-state index in [9.17, 15) is 9.18 Å². The third kappa shape index (κ3) is 5.77.